The number of hydrogen-bond donors (Lipinski definition) is 0. The van der Waals surface area contributed by atoms with E-state index in [2.05, 4.69) is 37.2 Å². The Kier molecular flexibility index (Phi) is 6.55. The molecule has 1 aromatic carbocycles. The quantitative estimate of drug-likeness (QED) is 0.580. The van der Waals surface area contributed by atoms with Crippen LogP contribution in [-0.2, 0) is 17.8 Å². The fraction of sp³-hybridized carbons (Fsp3) is 0.478. The molecule has 0 bridgehead atoms. The van der Waals surface area contributed by atoms with Gasteiger partial charge >= 0.3 is 0 Å². The molecular formula is C23H30N6O3. The molecule has 1 fully saturated rings. The first-order valence-corrected chi connectivity index (χ1v) is 10.9. The molecule has 1 aliphatic rings. The van der Waals surface area contributed by atoms with Crippen LogP contribution in [0.2, 0.25) is 0 Å². The molecule has 0 aliphatic carbocycles. The number of benzene rings is 1. The molecule has 3 heterocycles. The van der Waals surface area contributed by atoms with Crippen LogP contribution in [0.15, 0.2) is 33.3 Å². The van der Waals surface area contributed by atoms with Crippen molar-refractivity contribution in [3.05, 3.63) is 47.1 Å². The standard InChI is InChI=1S/C23H30N6O3/c1-16-22(17(2)31-25-16)23-24-20(26-32-23)15-28-10-5-11-29(13-12-28)21(30)14-18-6-8-19(9-7-18)27(3)4/h6-9H,5,10-15H2,1-4H3. The lowest BCUT2D eigenvalue weighted by Crippen LogP contribution is -2.36. The van der Waals surface area contributed by atoms with Gasteiger partial charge in [0.2, 0.25) is 5.91 Å². The summed E-state index contributed by atoms with van der Waals surface area (Å²) in [5.74, 6) is 1.90. The van der Waals surface area contributed by atoms with E-state index in [9.17, 15) is 4.79 Å². The van der Waals surface area contributed by atoms with Crippen molar-refractivity contribution < 1.29 is 13.8 Å². The lowest BCUT2D eigenvalue weighted by atomic mass is 10.1. The number of aryl methyl sites for hydroxylation is 2. The normalized spacial score (nSPS) is 15.1. The molecule has 4 rings (SSSR count). The minimum Gasteiger partial charge on any atom is -0.378 e. The zero-order chi connectivity index (χ0) is 22.7. The Morgan fingerprint density at radius 3 is 2.50 bits per heavy atom. The maximum absolute atomic E-state index is 12.8. The molecule has 0 atom stereocenters. The monoisotopic (exact) mass is 438 g/mol. The van der Waals surface area contributed by atoms with Crippen molar-refractivity contribution in [2.45, 2.75) is 33.2 Å². The number of aromatic nitrogens is 3. The summed E-state index contributed by atoms with van der Waals surface area (Å²) in [6.07, 6.45) is 1.35. The van der Waals surface area contributed by atoms with Crippen molar-refractivity contribution in [1.82, 2.24) is 25.1 Å². The summed E-state index contributed by atoms with van der Waals surface area (Å²) in [5, 5.41) is 8.07. The zero-order valence-corrected chi connectivity index (χ0v) is 19.2. The molecule has 3 aromatic rings. The van der Waals surface area contributed by atoms with Crippen LogP contribution >= 0.6 is 0 Å². The van der Waals surface area contributed by atoms with Crippen molar-refractivity contribution >= 4 is 11.6 Å². The molecule has 9 heteroatoms. The number of carbonyl (C=O) groups is 1. The lowest BCUT2D eigenvalue weighted by molar-refractivity contribution is -0.130. The third-order valence-electron chi connectivity index (χ3n) is 5.83. The van der Waals surface area contributed by atoms with E-state index in [-0.39, 0.29) is 5.91 Å². The van der Waals surface area contributed by atoms with E-state index >= 15 is 0 Å². The van der Waals surface area contributed by atoms with E-state index in [1.807, 2.05) is 45.0 Å². The number of rotatable bonds is 6. The van der Waals surface area contributed by atoms with Gasteiger partial charge in [-0.25, -0.2) is 0 Å². The van der Waals surface area contributed by atoms with Crippen LogP contribution in [0.25, 0.3) is 11.5 Å². The largest absolute Gasteiger partial charge is 0.378 e. The highest BCUT2D eigenvalue weighted by Crippen LogP contribution is 2.25. The second-order valence-electron chi connectivity index (χ2n) is 8.46. The first-order chi connectivity index (χ1) is 15.4. The molecule has 0 spiro atoms. The van der Waals surface area contributed by atoms with E-state index in [0.29, 0.717) is 37.0 Å². The van der Waals surface area contributed by atoms with E-state index in [0.717, 1.165) is 48.6 Å². The van der Waals surface area contributed by atoms with Crippen LogP contribution in [0, 0.1) is 13.8 Å². The van der Waals surface area contributed by atoms with Gasteiger partial charge in [0.05, 0.1) is 18.7 Å². The predicted molar refractivity (Wildman–Crippen MR) is 120 cm³/mol. The number of carbonyl (C=O) groups excluding carboxylic acids is 1. The first-order valence-electron chi connectivity index (χ1n) is 10.9. The Labute approximate surface area is 188 Å². The summed E-state index contributed by atoms with van der Waals surface area (Å²) >= 11 is 0. The molecule has 1 amide bonds. The average molecular weight is 439 g/mol. The molecule has 1 saturated heterocycles. The van der Waals surface area contributed by atoms with Crippen molar-refractivity contribution in [2.24, 2.45) is 0 Å². The molecule has 32 heavy (non-hydrogen) atoms. The third-order valence-corrected chi connectivity index (χ3v) is 5.83. The molecule has 0 saturated carbocycles. The van der Waals surface area contributed by atoms with Crippen molar-refractivity contribution in [2.75, 3.05) is 45.2 Å². The molecule has 170 valence electrons. The Bertz CT molecular complexity index is 1040. The van der Waals surface area contributed by atoms with Gasteiger partial charge in [-0.15, -0.1) is 0 Å². The maximum Gasteiger partial charge on any atom is 0.263 e. The highest BCUT2D eigenvalue weighted by molar-refractivity contribution is 5.79. The predicted octanol–water partition coefficient (Wildman–Crippen LogP) is 2.68. The van der Waals surface area contributed by atoms with Gasteiger partial charge in [0.1, 0.15) is 11.3 Å². The topological polar surface area (TPSA) is 91.7 Å². The van der Waals surface area contributed by atoms with E-state index in [1.165, 1.54) is 0 Å². The molecule has 1 aliphatic heterocycles. The fourth-order valence-corrected chi connectivity index (χ4v) is 3.98. The summed E-state index contributed by atoms with van der Waals surface area (Å²) in [6.45, 7) is 7.39. The Morgan fingerprint density at radius 2 is 1.81 bits per heavy atom. The van der Waals surface area contributed by atoms with Gasteiger partial charge in [-0.2, -0.15) is 4.98 Å². The highest BCUT2D eigenvalue weighted by atomic mass is 16.5. The first kappa shape index (κ1) is 22.0. The van der Waals surface area contributed by atoms with E-state index in [1.54, 1.807) is 0 Å². The van der Waals surface area contributed by atoms with Crippen LogP contribution in [0.5, 0.6) is 0 Å². The van der Waals surface area contributed by atoms with Gasteiger partial charge in [0.15, 0.2) is 5.82 Å². The van der Waals surface area contributed by atoms with Crippen LogP contribution in [0.3, 0.4) is 0 Å². The lowest BCUT2D eigenvalue weighted by Gasteiger charge is -2.21. The van der Waals surface area contributed by atoms with Gasteiger partial charge in [0.25, 0.3) is 5.89 Å². The van der Waals surface area contributed by atoms with Crippen LogP contribution in [-0.4, -0.2) is 71.3 Å². The minimum absolute atomic E-state index is 0.171. The number of anilines is 1. The second kappa shape index (κ2) is 9.52. The minimum atomic E-state index is 0.171. The number of nitrogens with zero attached hydrogens (tertiary/aromatic N) is 6. The van der Waals surface area contributed by atoms with Gasteiger partial charge < -0.3 is 18.8 Å². The smallest absolute Gasteiger partial charge is 0.263 e. The van der Waals surface area contributed by atoms with E-state index in [4.69, 9.17) is 9.05 Å². The van der Waals surface area contributed by atoms with Gasteiger partial charge in [-0.1, -0.05) is 22.4 Å². The third kappa shape index (κ3) is 4.99. The average Bonchev–Trinajstić information content (AvgIpc) is 3.26. The molecule has 0 unspecified atom stereocenters. The zero-order valence-electron chi connectivity index (χ0n) is 19.2. The van der Waals surface area contributed by atoms with Crippen LogP contribution in [0.1, 0.15) is 29.3 Å². The molecule has 9 nitrogen and oxygen atoms in total. The summed E-state index contributed by atoms with van der Waals surface area (Å²) < 4.78 is 10.6. The van der Waals surface area contributed by atoms with Crippen molar-refractivity contribution in [1.29, 1.82) is 0 Å². The Hall–Kier alpha value is -3.20. The number of hydrogen-bond acceptors (Lipinski definition) is 8. The van der Waals surface area contributed by atoms with E-state index < -0.39 is 0 Å². The van der Waals surface area contributed by atoms with Crippen molar-refractivity contribution in [3.8, 4) is 11.5 Å². The Morgan fingerprint density at radius 1 is 1.03 bits per heavy atom. The fourth-order valence-electron chi connectivity index (χ4n) is 3.98. The Balaban J connectivity index is 1.32. The molecule has 2 aromatic heterocycles. The SMILES string of the molecule is Cc1noc(C)c1-c1nc(CN2CCCN(C(=O)Cc3ccc(N(C)C)cc3)CC2)no1. The number of amides is 1. The maximum atomic E-state index is 12.8. The van der Waals surface area contributed by atoms with Crippen molar-refractivity contribution in [3.63, 3.8) is 0 Å². The summed E-state index contributed by atoms with van der Waals surface area (Å²) in [5.41, 5.74) is 3.67. The van der Waals surface area contributed by atoms with Gasteiger partial charge in [-0.3, -0.25) is 9.69 Å². The molecule has 0 radical (unpaired) electrons. The summed E-state index contributed by atoms with van der Waals surface area (Å²) in [6, 6.07) is 8.16. The summed E-state index contributed by atoms with van der Waals surface area (Å²) in [7, 11) is 4.02. The van der Waals surface area contributed by atoms with Crippen LogP contribution < -0.4 is 4.90 Å². The van der Waals surface area contributed by atoms with Crippen LogP contribution in [0.4, 0.5) is 5.69 Å². The highest BCUT2D eigenvalue weighted by Gasteiger charge is 2.22. The van der Waals surface area contributed by atoms with Gasteiger partial charge in [0, 0.05) is 46.0 Å². The molecular weight excluding hydrogens is 408 g/mol. The second-order valence-corrected chi connectivity index (χ2v) is 8.46. The summed E-state index contributed by atoms with van der Waals surface area (Å²) in [4.78, 5) is 23.7. The molecule has 0 N–H and O–H groups in total. The van der Waals surface area contributed by atoms with Gasteiger partial charge in [-0.05, 0) is 38.0 Å².